The van der Waals surface area contributed by atoms with Crippen molar-refractivity contribution < 1.29 is 14.7 Å². The molecular formula is C11H14N2O3. The zero-order valence-electron chi connectivity index (χ0n) is 9.23. The molecule has 1 heterocycles. The van der Waals surface area contributed by atoms with Crippen LogP contribution in [0.2, 0.25) is 0 Å². The van der Waals surface area contributed by atoms with Crippen LogP contribution in [0.4, 0.5) is 0 Å². The number of nitrogens with zero attached hydrogens (tertiary/aromatic N) is 1. The van der Waals surface area contributed by atoms with Crippen LogP contribution in [0.5, 0.6) is 0 Å². The molecule has 0 aromatic carbocycles. The van der Waals surface area contributed by atoms with Gasteiger partial charge in [0.2, 0.25) is 5.91 Å². The third kappa shape index (κ3) is 3.05. The molecule has 0 atom stereocenters. The van der Waals surface area contributed by atoms with Crippen LogP contribution in [-0.2, 0) is 11.3 Å². The van der Waals surface area contributed by atoms with E-state index in [1.165, 1.54) is 18.5 Å². The summed E-state index contributed by atoms with van der Waals surface area (Å²) in [6, 6.07) is 1.42. The van der Waals surface area contributed by atoms with Crippen molar-refractivity contribution in [1.82, 2.24) is 10.3 Å². The third-order valence-electron chi connectivity index (χ3n) is 2.11. The highest BCUT2D eigenvalue weighted by molar-refractivity contribution is 5.89. The second kappa shape index (κ2) is 5.25. The first-order valence-electron chi connectivity index (χ1n) is 4.96. The summed E-state index contributed by atoms with van der Waals surface area (Å²) in [4.78, 5) is 26.0. The molecule has 0 bridgehead atoms. The monoisotopic (exact) mass is 222 g/mol. The van der Waals surface area contributed by atoms with Crippen LogP contribution in [0.15, 0.2) is 18.5 Å². The minimum Gasteiger partial charge on any atom is -0.478 e. The van der Waals surface area contributed by atoms with Crippen LogP contribution < -0.4 is 5.32 Å². The average Bonchev–Trinajstić information content (AvgIpc) is 2.25. The molecule has 0 saturated heterocycles. The number of carboxylic acids is 1. The van der Waals surface area contributed by atoms with Gasteiger partial charge in [0.15, 0.2) is 0 Å². The Bertz CT molecular complexity index is 402. The second-order valence-corrected chi connectivity index (χ2v) is 3.71. The fraction of sp³-hybridized carbons (Fsp3) is 0.364. The first kappa shape index (κ1) is 12.2. The minimum absolute atomic E-state index is 0.111. The number of aromatic nitrogens is 1. The normalized spacial score (nSPS) is 10.2. The number of rotatable bonds is 4. The number of hydrogen-bond donors (Lipinski definition) is 2. The standard InChI is InChI=1S/C11H14N2O3/c1-7(2)10(14)13-6-8-5-12-4-3-9(8)11(15)16/h3-5,7H,6H2,1-2H3,(H,13,14)(H,15,16). The lowest BCUT2D eigenvalue weighted by Crippen LogP contribution is -2.27. The zero-order valence-corrected chi connectivity index (χ0v) is 9.23. The molecule has 0 aliphatic carbocycles. The predicted molar refractivity (Wildman–Crippen MR) is 57.9 cm³/mol. The molecule has 5 nitrogen and oxygen atoms in total. The zero-order chi connectivity index (χ0) is 12.1. The molecule has 2 N–H and O–H groups in total. The Morgan fingerprint density at radius 2 is 2.19 bits per heavy atom. The van der Waals surface area contributed by atoms with Gasteiger partial charge in [-0.2, -0.15) is 0 Å². The molecule has 16 heavy (non-hydrogen) atoms. The summed E-state index contributed by atoms with van der Waals surface area (Å²) >= 11 is 0. The molecule has 1 amide bonds. The van der Waals surface area contributed by atoms with E-state index in [9.17, 15) is 9.59 Å². The molecule has 0 fully saturated rings. The quantitative estimate of drug-likeness (QED) is 0.798. The topological polar surface area (TPSA) is 79.3 Å². The lowest BCUT2D eigenvalue weighted by Gasteiger charge is -2.09. The summed E-state index contributed by atoms with van der Waals surface area (Å²) in [6.07, 6.45) is 2.86. The molecule has 5 heteroatoms. The van der Waals surface area contributed by atoms with E-state index in [1.807, 2.05) is 0 Å². The lowest BCUT2D eigenvalue weighted by molar-refractivity contribution is -0.124. The largest absolute Gasteiger partial charge is 0.478 e. The van der Waals surface area contributed by atoms with Crippen molar-refractivity contribution in [2.24, 2.45) is 5.92 Å². The van der Waals surface area contributed by atoms with Gasteiger partial charge in [0, 0.05) is 30.4 Å². The molecule has 0 aliphatic rings. The first-order valence-corrected chi connectivity index (χ1v) is 4.96. The highest BCUT2D eigenvalue weighted by Crippen LogP contribution is 2.06. The fourth-order valence-electron chi connectivity index (χ4n) is 1.16. The van der Waals surface area contributed by atoms with Gasteiger partial charge in [-0.3, -0.25) is 9.78 Å². The van der Waals surface area contributed by atoms with Crippen LogP contribution in [0.3, 0.4) is 0 Å². The van der Waals surface area contributed by atoms with Crippen LogP contribution in [0, 0.1) is 5.92 Å². The maximum Gasteiger partial charge on any atom is 0.336 e. The molecular weight excluding hydrogens is 208 g/mol. The Kier molecular flexibility index (Phi) is 3.99. The van der Waals surface area contributed by atoms with E-state index < -0.39 is 5.97 Å². The maximum absolute atomic E-state index is 11.3. The first-order chi connectivity index (χ1) is 7.52. The average molecular weight is 222 g/mol. The summed E-state index contributed by atoms with van der Waals surface area (Å²) in [7, 11) is 0. The summed E-state index contributed by atoms with van der Waals surface area (Å²) in [5, 5.41) is 11.6. The van der Waals surface area contributed by atoms with Crippen molar-refractivity contribution >= 4 is 11.9 Å². The van der Waals surface area contributed by atoms with Gasteiger partial charge in [-0.1, -0.05) is 13.8 Å². The van der Waals surface area contributed by atoms with E-state index in [4.69, 9.17) is 5.11 Å². The number of carbonyl (C=O) groups excluding carboxylic acids is 1. The SMILES string of the molecule is CC(C)C(=O)NCc1cnccc1C(=O)O. The van der Waals surface area contributed by atoms with Gasteiger partial charge in [-0.25, -0.2) is 4.79 Å². The summed E-state index contributed by atoms with van der Waals surface area (Å²) in [6.45, 7) is 3.74. The number of carboxylic acid groups (broad SMARTS) is 1. The van der Waals surface area contributed by atoms with E-state index in [1.54, 1.807) is 13.8 Å². The summed E-state index contributed by atoms with van der Waals surface area (Å²) in [5.41, 5.74) is 0.669. The Morgan fingerprint density at radius 1 is 1.50 bits per heavy atom. The van der Waals surface area contributed by atoms with Crippen molar-refractivity contribution in [1.29, 1.82) is 0 Å². The van der Waals surface area contributed by atoms with E-state index in [0.717, 1.165) is 0 Å². The van der Waals surface area contributed by atoms with Crippen molar-refractivity contribution in [2.75, 3.05) is 0 Å². The van der Waals surface area contributed by atoms with Crippen LogP contribution in [0.25, 0.3) is 0 Å². The van der Waals surface area contributed by atoms with E-state index in [2.05, 4.69) is 10.3 Å². The third-order valence-corrected chi connectivity index (χ3v) is 2.11. The van der Waals surface area contributed by atoms with Gasteiger partial charge in [-0.05, 0) is 6.07 Å². The van der Waals surface area contributed by atoms with Gasteiger partial charge < -0.3 is 10.4 Å². The molecule has 1 aromatic rings. The number of amides is 1. The lowest BCUT2D eigenvalue weighted by atomic mass is 10.1. The Balaban J connectivity index is 2.74. The van der Waals surface area contributed by atoms with Crippen molar-refractivity contribution in [3.63, 3.8) is 0 Å². The molecule has 1 aromatic heterocycles. The number of aromatic carboxylic acids is 1. The number of nitrogens with one attached hydrogen (secondary N) is 1. The Morgan fingerprint density at radius 3 is 2.75 bits per heavy atom. The van der Waals surface area contributed by atoms with E-state index in [-0.39, 0.29) is 23.9 Å². The van der Waals surface area contributed by atoms with Crippen LogP contribution in [0.1, 0.15) is 29.8 Å². The van der Waals surface area contributed by atoms with Gasteiger partial charge in [-0.15, -0.1) is 0 Å². The molecule has 0 saturated carbocycles. The molecule has 86 valence electrons. The molecule has 0 aliphatic heterocycles. The smallest absolute Gasteiger partial charge is 0.336 e. The van der Waals surface area contributed by atoms with Crippen molar-refractivity contribution in [2.45, 2.75) is 20.4 Å². The van der Waals surface area contributed by atoms with Gasteiger partial charge in [0.25, 0.3) is 0 Å². The number of carbonyl (C=O) groups is 2. The number of pyridine rings is 1. The predicted octanol–water partition coefficient (Wildman–Crippen LogP) is 1.05. The minimum atomic E-state index is -1.02. The Labute approximate surface area is 93.5 Å². The highest BCUT2D eigenvalue weighted by atomic mass is 16.4. The molecule has 0 radical (unpaired) electrons. The molecule has 0 spiro atoms. The second-order valence-electron chi connectivity index (χ2n) is 3.71. The summed E-state index contributed by atoms with van der Waals surface area (Å²) in [5.74, 6) is -1.25. The fourth-order valence-corrected chi connectivity index (χ4v) is 1.16. The van der Waals surface area contributed by atoms with E-state index in [0.29, 0.717) is 5.56 Å². The highest BCUT2D eigenvalue weighted by Gasteiger charge is 2.11. The van der Waals surface area contributed by atoms with Crippen LogP contribution in [-0.4, -0.2) is 22.0 Å². The molecule has 1 rings (SSSR count). The van der Waals surface area contributed by atoms with Crippen molar-refractivity contribution in [3.8, 4) is 0 Å². The van der Waals surface area contributed by atoms with Crippen LogP contribution >= 0.6 is 0 Å². The number of hydrogen-bond acceptors (Lipinski definition) is 3. The maximum atomic E-state index is 11.3. The molecule has 0 unspecified atom stereocenters. The summed E-state index contributed by atoms with van der Waals surface area (Å²) < 4.78 is 0. The van der Waals surface area contributed by atoms with Gasteiger partial charge in [0.05, 0.1) is 5.56 Å². The van der Waals surface area contributed by atoms with Crippen molar-refractivity contribution in [3.05, 3.63) is 29.6 Å². The Hall–Kier alpha value is -1.91. The van der Waals surface area contributed by atoms with Gasteiger partial charge in [0.1, 0.15) is 0 Å². The van der Waals surface area contributed by atoms with Gasteiger partial charge >= 0.3 is 5.97 Å². The van der Waals surface area contributed by atoms with E-state index >= 15 is 0 Å².